The van der Waals surface area contributed by atoms with E-state index in [2.05, 4.69) is 6.58 Å². The Balaban J connectivity index is 0. The molecule has 0 saturated carbocycles. The van der Waals surface area contributed by atoms with Crippen molar-refractivity contribution in [2.45, 2.75) is 20.8 Å². The molecule has 0 radical (unpaired) electrons. The van der Waals surface area contributed by atoms with Gasteiger partial charge in [-0.2, -0.15) is 0 Å². The van der Waals surface area contributed by atoms with Crippen molar-refractivity contribution in [1.29, 1.82) is 0 Å². The Morgan fingerprint density at radius 3 is 2.00 bits per heavy atom. The molecule has 0 fully saturated rings. The third kappa shape index (κ3) is 8.82. The summed E-state index contributed by atoms with van der Waals surface area (Å²) < 4.78 is 0. The largest absolute Gasteiger partial charge is 0.398 e. The van der Waals surface area contributed by atoms with E-state index in [0.29, 0.717) is 11.4 Å². The highest BCUT2D eigenvalue weighted by atomic mass is 14.7. The molecule has 0 aromatic heterocycles. The van der Waals surface area contributed by atoms with Crippen LogP contribution in [0.1, 0.15) is 20.8 Å². The molecule has 2 nitrogen and oxygen atoms in total. The predicted molar refractivity (Wildman–Crippen MR) is 51.8 cm³/mol. The lowest BCUT2D eigenvalue weighted by atomic mass is 10.3. The second kappa shape index (κ2) is 8.82. The summed E-state index contributed by atoms with van der Waals surface area (Å²) in [6, 6.07) is 0. The third-order valence-electron chi connectivity index (χ3n) is 0.839. The molecule has 0 saturated heterocycles. The van der Waals surface area contributed by atoms with Crippen LogP contribution in [0, 0.1) is 0 Å². The van der Waals surface area contributed by atoms with Gasteiger partial charge in [-0.1, -0.05) is 32.6 Å². The normalized spacial score (nSPS) is 10.6. The van der Waals surface area contributed by atoms with Crippen LogP contribution >= 0.6 is 0 Å². The molecule has 64 valence electrons. The number of allylic oxidation sites excluding steroid dienone is 3. The lowest BCUT2D eigenvalue weighted by Crippen LogP contribution is -2.06. The van der Waals surface area contributed by atoms with E-state index in [1.807, 2.05) is 32.9 Å². The average molecular weight is 154 g/mol. The van der Waals surface area contributed by atoms with Gasteiger partial charge in [0.1, 0.15) is 0 Å². The zero-order chi connectivity index (χ0) is 9.28. The highest BCUT2D eigenvalue weighted by molar-refractivity contribution is 5.25. The quantitative estimate of drug-likeness (QED) is 0.597. The molecule has 4 N–H and O–H groups in total. The van der Waals surface area contributed by atoms with Gasteiger partial charge in [-0.15, -0.1) is 0 Å². The fraction of sp³-hybridized carbons (Fsp3) is 0.333. The lowest BCUT2D eigenvalue weighted by Gasteiger charge is -1.94. The van der Waals surface area contributed by atoms with E-state index in [1.54, 1.807) is 6.08 Å². The number of hydrogen-bond acceptors (Lipinski definition) is 2. The Hall–Kier alpha value is -1.18. The number of rotatable bonds is 2. The molecule has 0 aromatic rings. The zero-order valence-electron chi connectivity index (χ0n) is 7.59. The molecule has 0 aliphatic carbocycles. The van der Waals surface area contributed by atoms with E-state index in [9.17, 15) is 0 Å². The van der Waals surface area contributed by atoms with Crippen molar-refractivity contribution in [3.8, 4) is 0 Å². The van der Waals surface area contributed by atoms with Gasteiger partial charge < -0.3 is 11.5 Å². The summed E-state index contributed by atoms with van der Waals surface area (Å²) >= 11 is 0. The molecule has 0 rings (SSSR count). The van der Waals surface area contributed by atoms with E-state index < -0.39 is 0 Å². The van der Waals surface area contributed by atoms with Crippen molar-refractivity contribution >= 4 is 0 Å². The van der Waals surface area contributed by atoms with Crippen LogP contribution < -0.4 is 11.5 Å². The molecule has 0 heterocycles. The van der Waals surface area contributed by atoms with Crippen molar-refractivity contribution < 1.29 is 0 Å². The summed E-state index contributed by atoms with van der Waals surface area (Å²) in [7, 11) is 0. The standard InChI is InChI=1S/C7H12N2.C2H6/c1-3-4-5-7(9)6(2)8;1-2/h3-5H,2,8-9H2,1H3;1-2H3/b4-3-,7-5+;. The van der Waals surface area contributed by atoms with Gasteiger partial charge in [-0.05, 0) is 13.0 Å². The Labute approximate surface area is 69.3 Å². The molecular weight excluding hydrogens is 136 g/mol. The van der Waals surface area contributed by atoms with Crippen LogP contribution in [-0.4, -0.2) is 0 Å². The van der Waals surface area contributed by atoms with Crippen molar-refractivity contribution in [2.75, 3.05) is 0 Å². The molecule has 0 bridgehead atoms. The number of hydrogen-bond donors (Lipinski definition) is 2. The molecule has 0 spiro atoms. The van der Waals surface area contributed by atoms with Crippen LogP contribution in [-0.2, 0) is 0 Å². The van der Waals surface area contributed by atoms with Gasteiger partial charge in [0, 0.05) is 5.70 Å². The molecule has 11 heavy (non-hydrogen) atoms. The molecule has 0 amide bonds. The Morgan fingerprint density at radius 2 is 1.73 bits per heavy atom. The molecule has 0 aliphatic rings. The van der Waals surface area contributed by atoms with Crippen LogP contribution in [0.25, 0.3) is 0 Å². The van der Waals surface area contributed by atoms with Crippen LogP contribution in [0.2, 0.25) is 0 Å². The Morgan fingerprint density at radius 1 is 1.27 bits per heavy atom. The first-order valence-electron chi connectivity index (χ1n) is 3.71. The first-order chi connectivity index (χ1) is 5.18. The van der Waals surface area contributed by atoms with Gasteiger partial charge in [0.05, 0.1) is 5.70 Å². The molecule has 0 atom stereocenters. The van der Waals surface area contributed by atoms with Gasteiger partial charge >= 0.3 is 0 Å². The van der Waals surface area contributed by atoms with Crippen LogP contribution in [0.15, 0.2) is 36.2 Å². The lowest BCUT2D eigenvalue weighted by molar-refractivity contribution is 1.26. The van der Waals surface area contributed by atoms with Crippen molar-refractivity contribution in [3.05, 3.63) is 36.2 Å². The maximum absolute atomic E-state index is 5.39. The first kappa shape index (κ1) is 12.5. The summed E-state index contributed by atoms with van der Waals surface area (Å²) in [4.78, 5) is 0. The maximum Gasteiger partial charge on any atom is 0.0541 e. The maximum atomic E-state index is 5.39. The summed E-state index contributed by atoms with van der Waals surface area (Å²) in [5, 5.41) is 0. The summed E-state index contributed by atoms with van der Waals surface area (Å²) in [6.45, 7) is 9.36. The minimum Gasteiger partial charge on any atom is -0.398 e. The SMILES string of the molecule is C=C(N)/C(N)=C\C=C/C.CC. The van der Waals surface area contributed by atoms with Crippen molar-refractivity contribution in [2.24, 2.45) is 11.5 Å². The fourth-order valence-corrected chi connectivity index (χ4v) is 0.307. The monoisotopic (exact) mass is 154 g/mol. The van der Waals surface area contributed by atoms with E-state index >= 15 is 0 Å². The van der Waals surface area contributed by atoms with Crippen molar-refractivity contribution in [3.63, 3.8) is 0 Å². The molecule has 2 heteroatoms. The molecule has 0 aromatic carbocycles. The molecule has 0 unspecified atom stereocenters. The van der Waals surface area contributed by atoms with Gasteiger partial charge in [-0.25, -0.2) is 0 Å². The smallest absolute Gasteiger partial charge is 0.0541 e. The number of nitrogens with two attached hydrogens (primary N) is 2. The van der Waals surface area contributed by atoms with Crippen molar-refractivity contribution in [1.82, 2.24) is 0 Å². The van der Waals surface area contributed by atoms with E-state index in [4.69, 9.17) is 11.5 Å². The highest BCUT2D eigenvalue weighted by Crippen LogP contribution is 1.90. The fourth-order valence-electron chi connectivity index (χ4n) is 0.307. The summed E-state index contributed by atoms with van der Waals surface area (Å²) in [5.41, 5.74) is 11.6. The van der Waals surface area contributed by atoms with E-state index in [1.165, 1.54) is 0 Å². The average Bonchev–Trinajstić information content (AvgIpc) is 2.03. The zero-order valence-corrected chi connectivity index (χ0v) is 7.59. The second-order valence-corrected chi connectivity index (χ2v) is 1.67. The van der Waals surface area contributed by atoms with Gasteiger partial charge in [0.2, 0.25) is 0 Å². The topological polar surface area (TPSA) is 52.0 Å². The van der Waals surface area contributed by atoms with Crippen LogP contribution in [0.3, 0.4) is 0 Å². The minimum absolute atomic E-state index is 0.410. The Kier molecular flexibility index (Phi) is 10.0. The minimum atomic E-state index is 0.410. The third-order valence-corrected chi connectivity index (χ3v) is 0.839. The van der Waals surface area contributed by atoms with Crippen LogP contribution in [0.4, 0.5) is 0 Å². The molecular formula is C9H18N2. The van der Waals surface area contributed by atoms with E-state index in [-0.39, 0.29) is 0 Å². The highest BCUT2D eigenvalue weighted by Gasteiger charge is 1.84. The predicted octanol–water partition coefficient (Wildman–Crippen LogP) is 1.90. The van der Waals surface area contributed by atoms with Gasteiger partial charge in [0.15, 0.2) is 0 Å². The van der Waals surface area contributed by atoms with Gasteiger partial charge in [-0.3, -0.25) is 0 Å². The van der Waals surface area contributed by atoms with E-state index in [0.717, 1.165) is 0 Å². The summed E-state index contributed by atoms with van der Waals surface area (Å²) in [6.07, 6.45) is 5.39. The first-order valence-corrected chi connectivity index (χ1v) is 3.71. The second-order valence-electron chi connectivity index (χ2n) is 1.67. The summed E-state index contributed by atoms with van der Waals surface area (Å²) in [5.74, 6) is 0. The molecule has 0 aliphatic heterocycles. The van der Waals surface area contributed by atoms with Gasteiger partial charge in [0.25, 0.3) is 0 Å². The van der Waals surface area contributed by atoms with Crippen LogP contribution in [0.5, 0.6) is 0 Å². The Bertz CT molecular complexity index is 155.